The van der Waals surface area contributed by atoms with E-state index in [0.29, 0.717) is 0 Å². The first-order valence-electron chi connectivity index (χ1n) is 10.5. The molecule has 1 aromatic heterocycles. The van der Waals surface area contributed by atoms with Crippen molar-refractivity contribution in [3.63, 3.8) is 0 Å². The summed E-state index contributed by atoms with van der Waals surface area (Å²) >= 11 is 0. The highest BCUT2D eigenvalue weighted by Gasteiger charge is 2.48. The maximum absolute atomic E-state index is 12.7. The number of ether oxygens (including phenoxy) is 2. The number of fused-ring (bicyclic) bond motifs is 1. The van der Waals surface area contributed by atoms with Gasteiger partial charge in [-0.15, -0.1) is 0 Å². The summed E-state index contributed by atoms with van der Waals surface area (Å²) < 4.78 is 16.1. The van der Waals surface area contributed by atoms with E-state index in [0.717, 1.165) is 13.0 Å². The lowest BCUT2D eigenvalue weighted by Gasteiger charge is -2.39. The first-order valence-corrected chi connectivity index (χ1v) is 10.5. The van der Waals surface area contributed by atoms with Crippen LogP contribution in [0.25, 0.3) is 22.3 Å². The fourth-order valence-electron chi connectivity index (χ4n) is 3.73. The minimum Gasteiger partial charge on any atom is -0.508 e. The Bertz CT molecular complexity index is 1360. The highest BCUT2D eigenvalue weighted by molar-refractivity contribution is 5.91. The second-order valence-electron chi connectivity index (χ2n) is 8.19. The van der Waals surface area contributed by atoms with Crippen LogP contribution in [0, 0.1) is 0 Å². The second-order valence-corrected chi connectivity index (χ2v) is 8.19. The third-order valence-electron chi connectivity index (χ3n) is 5.71. The van der Waals surface area contributed by atoms with Gasteiger partial charge in [-0.3, -0.25) is 9.59 Å². The van der Waals surface area contributed by atoms with E-state index in [2.05, 4.69) is 0 Å². The van der Waals surface area contributed by atoms with Gasteiger partial charge in [0.1, 0.15) is 41.1 Å². The van der Waals surface area contributed by atoms with Crippen LogP contribution in [0.2, 0.25) is 0 Å². The van der Waals surface area contributed by atoms with Gasteiger partial charge in [-0.2, -0.15) is 0 Å². The molecule has 0 spiro atoms. The number of phenols is 3. The molecule has 1 aliphatic heterocycles. The van der Waals surface area contributed by atoms with E-state index >= 15 is 0 Å². The molecule has 0 amide bonds. The zero-order valence-electron chi connectivity index (χ0n) is 18.5. The number of aliphatic hydroxyl groups excluding tert-OH is 4. The van der Waals surface area contributed by atoms with Gasteiger partial charge in [-0.25, -0.2) is 0 Å². The third kappa shape index (κ3) is 4.19. The number of aliphatic hydroxyl groups is 4. The summed E-state index contributed by atoms with van der Waals surface area (Å²) in [5, 5.41) is 80.0. The number of rotatable bonds is 5. The van der Waals surface area contributed by atoms with Gasteiger partial charge in [-0.05, 0) is 31.2 Å². The summed E-state index contributed by atoms with van der Waals surface area (Å²) in [7, 11) is 0. The topological polar surface area (TPSA) is 228 Å². The minimum absolute atomic E-state index is 0.0923. The predicted octanol–water partition coefficient (Wildman–Crippen LogP) is -0.581. The second kappa shape index (κ2) is 9.29. The van der Waals surface area contributed by atoms with Gasteiger partial charge in [0.15, 0.2) is 29.1 Å². The van der Waals surface area contributed by atoms with Gasteiger partial charge in [0.05, 0.1) is 0 Å². The van der Waals surface area contributed by atoms with Crippen LogP contribution < -0.4 is 10.2 Å². The molecule has 13 heteroatoms. The Balaban J connectivity index is 1.78. The van der Waals surface area contributed by atoms with Crippen LogP contribution in [0.1, 0.15) is 6.92 Å². The number of phenolic OH excluding ortho intramolecular Hbond substituents is 3. The SMILES string of the molecule is CC(O)C(=O)[C@H]1O[C@@H](Oc2cc3oc(-c4ccc(O)cc4)c(O)c(=O)c3c(O)c2O)[C@H](O)[C@@H](O)[C@@H]1O. The Morgan fingerprint density at radius 2 is 1.58 bits per heavy atom. The van der Waals surface area contributed by atoms with Crippen LogP contribution in [0.3, 0.4) is 0 Å². The number of carbonyl (C=O) groups is 1. The highest BCUT2D eigenvalue weighted by Crippen LogP contribution is 2.44. The summed E-state index contributed by atoms with van der Waals surface area (Å²) in [6.07, 6.45) is -11.1. The summed E-state index contributed by atoms with van der Waals surface area (Å²) in [5.74, 6) is -5.04. The molecule has 1 aliphatic rings. The summed E-state index contributed by atoms with van der Waals surface area (Å²) in [6, 6.07) is 6.15. The maximum Gasteiger partial charge on any atom is 0.238 e. The lowest BCUT2D eigenvalue weighted by atomic mass is 9.94. The molecule has 13 nitrogen and oxygen atoms in total. The average Bonchev–Trinajstić information content (AvgIpc) is 2.84. The first kappa shape index (κ1) is 25.2. The number of aromatic hydroxyl groups is 4. The third-order valence-corrected chi connectivity index (χ3v) is 5.71. The Hall–Kier alpha value is -3.88. The van der Waals surface area contributed by atoms with Crippen molar-refractivity contribution in [1.29, 1.82) is 0 Å². The number of hydrogen-bond acceptors (Lipinski definition) is 13. The van der Waals surface area contributed by atoms with Crippen molar-refractivity contribution >= 4 is 16.8 Å². The molecule has 1 fully saturated rings. The van der Waals surface area contributed by atoms with Gasteiger partial charge < -0.3 is 54.7 Å². The van der Waals surface area contributed by atoms with Crippen LogP contribution >= 0.6 is 0 Å². The van der Waals surface area contributed by atoms with Crippen molar-refractivity contribution in [2.75, 3.05) is 0 Å². The van der Waals surface area contributed by atoms with Crippen LogP contribution in [-0.2, 0) is 9.53 Å². The average molecular weight is 506 g/mol. The molecule has 0 bridgehead atoms. The zero-order chi connectivity index (χ0) is 26.5. The van der Waals surface area contributed by atoms with E-state index in [1.54, 1.807) is 0 Å². The molecule has 1 saturated heterocycles. The fourth-order valence-corrected chi connectivity index (χ4v) is 3.73. The van der Waals surface area contributed by atoms with Gasteiger partial charge in [0.2, 0.25) is 23.2 Å². The molecule has 0 radical (unpaired) electrons. The molecule has 4 rings (SSSR count). The predicted molar refractivity (Wildman–Crippen MR) is 119 cm³/mol. The van der Waals surface area contributed by atoms with Crippen molar-refractivity contribution in [3.05, 3.63) is 40.6 Å². The van der Waals surface area contributed by atoms with Crippen LogP contribution in [0.15, 0.2) is 39.5 Å². The van der Waals surface area contributed by atoms with E-state index < -0.39 is 76.4 Å². The van der Waals surface area contributed by atoms with Gasteiger partial charge in [0, 0.05) is 11.6 Å². The molecule has 2 heterocycles. The van der Waals surface area contributed by atoms with Crippen molar-refractivity contribution in [1.82, 2.24) is 0 Å². The number of carbonyl (C=O) groups excluding carboxylic acids is 1. The minimum atomic E-state index is -1.95. The molecule has 2 aromatic carbocycles. The van der Waals surface area contributed by atoms with E-state index in [1.807, 2.05) is 0 Å². The zero-order valence-corrected chi connectivity index (χ0v) is 18.5. The number of hydrogen-bond donors (Lipinski definition) is 8. The largest absolute Gasteiger partial charge is 0.508 e. The van der Waals surface area contributed by atoms with Crippen molar-refractivity contribution in [3.8, 4) is 40.1 Å². The lowest BCUT2D eigenvalue weighted by Crippen LogP contribution is -2.62. The molecule has 0 saturated carbocycles. The smallest absolute Gasteiger partial charge is 0.238 e. The fraction of sp³-hybridized carbons (Fsp3) is 0.304. The van der Waals surface area contributed by atoms with E-state index in [-0.39, 0.29) is 22.7 Å². The molecule has 6 atom stereocenters. The molecular formula is C23H22O13. The highest BCUT2D eigenvalue weighted by atomic mass is 16.7. The number of benzene rings is 2. The monoisotopic (exact) mass is 506 g/mol. The van der Waals surface area contributed by atoms with Gasteiger partial charge >= 0.3 is 0 Å². The van der Waals surface area contributed by atoms with Crippen LogP contribution in [-0.4, -0.2) is 83.4 Å². The van der Waals surface area contributed by atoms with E-state index in [4.69, 9.17) is 13.9 Å². The van der Waals surface area contributed by atoms with Crippen LogP contribution in [0.4, 0.5) is 0 Å². The maximum atomic E-state index is 12.7. The molecule has 192 valence electrons. The van der Waals surface area contributed by atoms with Gasteiger partial charge in [-0.1, -0.05) is 0 Å². The standard InChI is InChI=1S/C23H22O13/c1-7(24)13(26)22-19(32)17(30)20(33)23(36-22)35-11-6-10-12(15(28)14(11)27)16(29)18(31)21(34-10)8-2-4-9(25)5-3-8/h2-7,17,19-20,22-25,27-28,30-33H,1H3/t7?,17-,19-,20+,22+,23+/m0/s1. The normalized spacial score (nSPS) is 25.0. The molecule has 1 unspecified atom stereocenters. The molecule has 8 N–H and O–H groups in total. The van der Waals surface area contributed by atoms with Crippen molar-refractivity contribution < 1.29 is 59.5 Å². The molecule has 0 aliphatic carbocycles. The van der Waals surface area contributed by atoms with E-state index in [9.17, 15) is 50.4 Å². The van der Waals surface area contributed by atoms with Crippen molar-refractivity contribution in [2.24, 2.45) is 0 Å². The number of ketones is 1. The Labute approximate surface area is 201 Å². The first-order chi connectivity index (χ1) is 16.9. The van der Waals surface area contributed by atoms with Gasteiger partial charge in [0.25, 0.3) is 0 Å². The Kier molecular flexibility index (Phi) is 6.51. The number of Topliss-reactive ketones (excluding diaryl/α,β-unsaturated/α-hetero) is 1. The van der Waals surface area contributed by atoms with Crippen molar-refractivity contribution in [2.45, 2.75) is 43.7 Å². The quantitative estimate of drug-likeness (QED) is 0.203. The Morgan fingerprint density at radius 3 is 2.19 bits per heavy atom. The lowest BCUT2D eigenvalue weighted by molar-refractivity contribution is -0.267. The van der Waals surface area contributed by atoms with E-state index in [1.165, 1.54) is 24.3 Å². The molecule has 3 aromatic rings. The summed E-state index contributed by atoms with van der Waals surface area (Å²) in [4.78, 5) is 24.9. The summed E-state index contributed by atoms with van der Waals surface area (Å²) in [5.41, 5.74) is -1.30. The molecule has 36 heavy (non-hydrogen) atoms. The van der Waals surface area contributed by atoms with Crippen LogP contribution in [0.5, 0.6) is 28.7 Å². The molecular weight excluding hydrogens is 484 g/mol. The Morgan fingerprint density at radius 1 is 0.944 bits per heavy atom. The summed E-state index contributed by atoms with van der Waals surface area (Å²) in [6.45, 7) is 1.10.